The van der Waals surface area contributed by atoms with Gasteiger partial charge in [0.15, 0.2) is 0 Å². The number of carbonyl (C=O) groups is 2. The van der Waals surface area contributed by atoms with E-state index in [2.05, 4.69) is 45.9 Å². The van der Waals surface area contributed by atoms with Crippen LogP contribution in [0.25, 0.3) is 0 Å². The van der Waals surface area contributed by atoms with E-state index < -0.39 is 17.7 Å². The Hall–Kier alpha value is -2.16. The molecule has 3 aliphatic rings. The van der Waals surface area contributed by atoms with Gasteiger partial charge in [-0.25, -0.2) is 4.79 Å². The highest BCUT2D eigenvalue weighted by Gasteiger charge is 2.35. The fraction of sp³-hybridized carbons (Fsp3) is 0.667. The van der Waals surface area contributed by atoms with Crippen molar-refractivity contribution in [2.75, 3.05) is 19.6 Å². The van der Waals surface area contributed by atoms with E-state index in [0.717, 1.165) is 50.3 Å². The van der Waals surface area contributed by atoms with Gasteiger partial charge in [0.1, 0.15) is 11.6 Å². The van der Waals surface area contributed by atoms with Crippen molar-refractivity contribution < 1.29 is 14.3 Å². The molecule has 7 nitrogen and oxygen atoms in total. The van der Waals surface area contributed by atoms with Gasteiger partial charge in [-0.05, 0) is 64.4 Å². The Morgan fingerprint density at radius 3 is 2.38 bits per heavy atom. The minimum absolute atomic E-state index is 0. The molecule has 9 heteroatoms. The van der Waals surface area contributed by atoms with E-state index in [1.807, 2.05) is 32.9 Å². The molecule has 2 atom stereocenters. The molecular weight excluding hydrogens is 568 g/mol. The molecule has 234 valence electrons. The number of thiocarbonyl (C=S) groups is 1. The lowest BCUT2D eigenvalue weighted by Gasteiger charge is -2.36. The van der Waals surface area contributed by atoms with Crippen molar-refractivity contribution in [2.45, 2.75) is 115 Å². The molecule has 1 aromatic rings. The van der Waals surface area contributed by atoms with E-state index in [1.54, 1.807) is 0 Å². The lowest BCUT2D eigenvalue weighted by molar-refractivity contribution is -0.126. The van der Waals surface area contributed by atoms with Crippen LogP contribution in [-0.4, -0.2) is 70.1 Å². The van der Waals surface area contributed by atoms with E-state index in [0.29, 0.717) is 24.9 Å². The van der Waals surface area contributed by atoms with Crippen molar-refractivity contribution >= 4 is 41.6 Å². The van der Waals surface area contributed by atoms with E-state index in [1.165, 1.54) is 42.6 Å². The number of amides is 2. The van der Waals surface area contributed by atoms with Gasteiger partial charge in [-0.3, -0.25) is 14.6 Å². The Labute approximate surface area is 264 Å². The van der Waals surface area contributed by atoms with Gasteiger partial charge in [-0.15, -0.1) is 12.4 Å². The molecule has 2 amide bonds. The monoisotopic (exact) mass is 618 g/mol. The molecule has 2 fully saturated rings. The maximum absolute atomic E-state index is 13.7. The van der Waals surface area contributed by atoms with Crippen LogP contribution in [0.3, 0.4) is 0 Å². The van der Waals surface area contributed by atoms with E-state index in [-0.39, 0.29) is 24.4 Å². The van der Waals surface area contributed by atoms with Crippen LogP contribution in [0.2, 0.25) is 0 Å². The predicted octanol–water partition coefficient (Wildman–Crippen LogP) is 6.40. The van der Waals surface area contributed by atoms with Gasteiger partial charge < -0.3 is 15.4 Å². The summed E-state index contributed by atoms with van der Waals surface area (Å²) in [5.74, 6) is 0.540. The van der Waals surface area contributed by atoms with Crippen molar-refractivity contribution in [3.05, 3.63) is 48.0 Å². The zero-order chi connectivity index (χ0) is 29.2. The first kappa shape index (κ1) is 34.3. The Morgan fingerprint density at radius 1 is 1.02 bits per heavy atom. The number of carbonyl (C=O) groups excluding carboxylic acids is 2. The number of ether oxygens (including phenoxy) is 1. The van der Waals surface area contributed by atoms with Gasteiger partial charge in [0.25, 0.3) is 0 Å². The third-order valence-corrected chi connectivity index (χ3v) is 8.94. The minimum Gasteiger partial charge on any atom is -0.444 e. The van der Waals surface area contributed by atoms with E-state index in [9.17, 15) is 9.59 Å². The van der Waals surface area contributed by atoms with Crippen molar-refractivity contribution in [1.29, 1.82) is 0 Å². The standard InChI is InChI=1S/C33H50N4O3S.ClH/c1-33(2,3)40-32(39)37-21-11-10-16-29(37)30(38)35-28(18-17-25-12-6-4-7-13-25)31(41)34-27-19-22-36(23-20-27)24-26-14-8-5-9-15-26;/h5,8-11,14-15,25,27-29H,4,6-7,12-13,16-24H2,1-3H3,(H,34,41)(H,35,38);1H/t28-,29+;/m1./s1. The quantitative estimate of drug-likeness (QED) is 0.246. The first-order valence-corrected chi connectivity index (χ1v) is 16.1. The molecule has 0 spiro atoms. The summed E-state index contributed by atoms with van der Waals surface area (Å²) in [6, 6.07) is 10.1. The normalized spacial score (nSPS) is 21.2. The highest BCUT2D eigenvalue weighted by Crippen LogP contribution is 2.28. The minimum atomic E-state index is -0.621. The van der Waals surface area contributed by atoms with Gasteiger partial charge >= 0.3 is 6.09 Å². The van der Waals surface area contributed by atoms with Gasteiger partial charge in [-0.1, -0.05) is 86.8 Å². The number of benzene rings is 1. The number of hydrogen-bond acceptors (Lipinski definition) is 5. The highest BCUT2D eigenvalue weighted by atomic mass is 35.5. The van der Waals surface area contributed by atoms with Crippen LogP contribution in [-0.2, 0) is 16.1 Å². The van der Waals surface area contributed by atoms with E-state index in [4.69, 9.17) is 17.0 Å². The fourth-order valence-corrected chi connectivity index (χ4v) is 6.58. The third kappa shape index (κ3) is 10.8. The molecule has 4 rings (SSSR count). The van der Waals surface area contributed by atoms with Crippen molar-refractivity contribution in [3.63, 3.8) is 0 Å². The van der Waals surface area contributed by atoms with Crippen LogP contribution >= 0.6 is 24.6 Å². The summed E-state index contributed by atoms with van der Waals surface area (Å²) in [5, 5.41) is 6.90. The molecule has 2 aliphatic heterocycles. The molecule has 1 saturated heterocycles. The Kier molecular flexibility index (Phi) is 13.6. The largest absolute Gasteiger partial charge is 0.444 e. The van der Waals surface area contributed by atoms with Crippen LogP contribution in [0, 0.1) is 5.92 Å². The molecule has 2 heterocycles. The molecule has 42 heavy (non-hydrogen) atoms. The predicted molar refractivity (Wildman–Crippen MR) is 176 cm³/mol. The second-order valence-electron chi connectivity index (χ2n) is 13.0. The van der Waals surface area contributed by atoms with Gasteiger partial charge in [0.05, 0.1) is 11.0 Å². The number of likely N-dealkylation sites (tertiary alicyclic amines) is 1. The number of nitrogens with one attached hydrogen (secondary N) is 2. The number of halogens is 1. The molecule has 1 saturated carbocycles. The van der Waals surface area contributed by atoms with Crippen LogP contribution in [0.15, 0.2) is 42.5 Å². The average Bonchev–Trinajstić information content (AvgIpc) is 2.96. The highest BCUT2D eigenvalue weighted by molar-refractivity contribution is 7.80. The second-order valence-corrected chi connectivity index (χ2v) is 13.5. The maximum Gasteiger partial charge on any atom is 0.411 e. The van der Waals surface area contributed by atoms with Gasteiger partial charge in [-0.2, -0.15) is 0 Å². The molecule has 0 bridgehead atoms. The molecule has 0 radical (unpaired) electrons. The fourth-order valence-electron chi connectivity index (χ4n) is 6.23. The molecule has 1 aromatic carbocycles. The Balaban J connectivity index is 0.00000484. The summed E-state index contributed by atoms with van der Waals surface area (Å²) in [4.78, 5) is 31.4. The lowest BCUT2D eigenvalue weighted by Crippen LogP contribution is -2.57. The lowest BCUT2D eigenvalue weighted by atomic mass is 9.85. The molecule has 1 aliphatic carbocycles. The molecular formula is C33H51ClN4O3S. The number of rotatable bonds is 9. The average molecular weight is 619 g/mol. The summed E-state index contributed by atoms with van der Waals surface area (Å²) in [5.41, 5.74) is 0.724. The molecule has 2 N–H and O–H groups in total. The Morgan fingerprint density at radius 2 is 1.71 bits per heavy atom. The third-order valence-electron chi connectivity index (χ3n) is 8.54. The van der Waals surface area contributed by atoms with Crippen LogP contribution in [0.5, 0.6) is 0 Å². The zero-order valence-electron chi connectivity index (χ0n) is 25.7. The maximum atomic E-state index is 13.7. The molecule has 0 aromatic heterocycles. The zero-order valence-corrected chi connectivity index (χ0v) is 27.3. The van der Waals surface area contributed by atoms with Crippen molar-refractivity contribution in [1.82, 2.24) is 20.4 Å². The SMILES string of the molecule is CC(C)(C)OC(=O)N1CC=CC[C@H]1C(=O)N[C@H](CCC1CCCCC1)C(=S)NC1CCN(Cc2ccccc2)CC1.Cl. The summed E-state index contributed by atoms with van der Waals surface area (Å²) >= 11 is 5.97. The van der Waals surface area contributed by atoms with Gasteiger partial charge in [0, 0.05) is 32.2 Å². The first-order valence-electron chi connectivity index (χ1n) is 15.7. The summed E-state index contributed by atoms with van der Waals surface area (Å²) in [6.45, 7) is 8.92. The van der Waals surface area contributed by atoms with Crippen molar-refractivity contribution in [2.24, 2.45) is 5.92 Å². The van der Waals surface area contributed by atoms with Crippen molar-refractivity contribution in [3.8, 4) is 0 Å². The topological polar surface area (TPSA) is 73.9 Å². The number of piperidine rings is 1. The van der Waals surface area contributed by atoms with Gasteiger partial charge in [0.2, 0.25) is 5.91 Å². The first-order chi connectivity index (χ1) is 19.7. The summed E-state index contributed by atoms with van der Waals surface area (Å²) in [6.07, 6.45) is 14.3. The summed E-state index contributed by atoms with van der Waals surface area (Å²) in [7, 11) is 0. The number of nitrogens with zero attached hydrogens (tertiary/aromatic N) is 2. The smallest absolute Gasteiger partial charge is 0.411 e. The molecule has 0 unspecified atom stereocenters. The summed E-state index contributed by atoms with van der Waals surface area (Å²) < 4.78 is 5.61. The Bertz CT molecular complexity index is 1030. The second kappa shape index (κ2) is 16.6. The van der Waals surface area contributed by atoms with E-state index >= 15 is 0 Å². The van der Waals surface area contributed by atoms with Crippen LogP contribution < -0.4 is 10.6 Å². The van der Waals surface area contributed by atoms with Crippen LogP contribution in [0.1, 0.15) is 90.5 Å². The number of hydrogen-bond donors (Lipinski definition) is 2. The van der Waals surface area contributed by atoms with Crippen LogP contribution in [0.4, 0.5) is 4.79 Å².